The number of hydrogen-bond donors (Lipinski definition) is 1. The van der Waals surface area contributed by atoms with Gasteiger partial charge >= 0.3 is 5.97 Å². The molecule has 0 amide bonds. The molecule has 0 radical (unpaired) electrons. The number of nitrogens with zero attached hydrogens (tertiary/aromatic N) is 1. The summed E-state index contributed by atoms with van der Waals surface area (Å²) in [6.45, 7) is 0. The maximum Gasteiger partial charge on any atom is 0.343 e. The van der Waals surface area contributed by atoms with Gasteiger partial charge in [-0.25, -0.2) is 26.4 Å². The number of nitro groups is 1. The highest BCUT2D eigenvalue weighted by Gasteiger charge is 2.31. The third kappa shape index (κ3) is 5.16. The third-order valence-electron chi connectivity index (χ3n) is 4.21. The number of sulfone groups is 1. The first-order chi connectivity index (χ1) is 13.6. The van der Waals surface area contributed by atoms with Gasteiger partial charge in [0.05, 0.1) is 26.9 Å². The molecule has 1 saturated heterocycles. The van der Waals surface area contributed by atoms with Crippen LogP contribution >= 0.6 is 0 Å². The van der Waals surface area contributed by atoms with Crippen molar-refractivity contribution in [3.8, 4) is 5.75 Å². The van der Waals surface area contributed by atoms with E-state index in [1.807, 2.05) is 0 Å². The highest BCUT2D eigenvalue weighted by Crippen LogP contribution is 2.20. The van der Waals surface area contributed by atoms with Gasteiger partial charge in [0.1, 0.15) is 5.75 Å². The molecule has 1 atom stereocenters. The van der Waals surface area contributed by atoms with E-state index in [2.05, 4.69) is 4.72 Å². The van der Waals surface area contributed by atoms with E-state index in [1.54, 1.807) is 0 Å². The molecule has 1 heterocycles. The van der Waals surface area contributed by atoms with Gasteiger partial charge in [0.25, 0.3) is 5.69 Å². The van der Waals surface area contributed by atoms with E-state index in [9.17, 15) is 31.7 Å². The zero-order chi connectivity index (χ0) is 21.2. The molecule has 2 aromatic carbocycles. The number of hydrogen-bond acceptors (Lipinski definition) is 8. The Bertz CT molecular complexity index is 1140. The number of carbonyl (C=O) groups is 1. The molecule has 0 spiro atoms. The minimum Gasteiger partial charge on any atom is -0.423 e. The van der Waals surface area contributed by atoms with E-state index in [0.717, 1.165) is 0 Å². The number of ether oxygens (including phenoxy) is 1. The molecule has 1 aliphatic rings. The Morgan fingerprint density at radius 3 is 2.24 bits per heavy atom. The lowest BCUT2D eigenvalue weighted by Crippen LogP contribution is -2.35. The van der Waals surface area contributed by atoms with Crippen molar-refractivity contribution in [1.82, 2.24) is 4.72 Å². The van der Waals surface area contributed by atoms with E-state index in [-0.39, 0.29) is 39.8 Å². The average Bonchev–Trinajstić information content (AvgIpc) is 3.00. The number of rotatable bonds is 6. The van der Waals surface area contributed by atoms with Crippen LogP contribution in [0.4, 0.5) is 5.69 Å². The first-order valence-electron chi connectivity index (χ1n) is 8.35. The van der Waals surface area contributed by atoms with E-state index >= 15 is 0 Å². The van der Waals surface area contributed by atoms with Crippen molar-refractivity contribution in [3.63, 3.8) is 0 Å². The highest BCUT2D eigenvalue weighted by molar-refractivity contribution is 7.92. The van der Waals surface area contributed by atoms with Gasteiger partial charge < -0.3 is 4.74 Å². The predicted molar refractivity (Wildman–Crippen MR) is 102 cm³/mol. The van der Waals surface area contributed by atoms with E-state index < -0.39 is 36.8 Å². The van der Waals surface area contributed by atoms with Crippen LogP contribution < -0.4 is 9.46 Å². The standard InChI is InChI=1S/C17H16N2O8S2/c20-17(27-15-5-3-14(4-6-15)19(21)22)12-1-7-16(8-2-12)29(25,26)18-13-9-10-28(23,24)11-13/h1-8,13,18H,9-11H2. The number of esters is 1. The number of nitro benzene ring substituents is 1. The molecule has 0 bridgehead atoms. The fourth-order valence-electron chi connectivity index (χ4n) is 2.75. The summed E-state index contributed by atoms with van der Waals surface area (Å²) in [6, 6.07) is 9.16. The lowest BCUT2D eigenvalue weighted by molar-refractivity contribution is -0.384. The number of sulfonamides is 1. The molecule has 1 aliphatic heterocycles. The lowest BCUT2D eigenvalue weighted by atomic mass is 10.2. The highest BCUT2D eigenvalue weighted by atomic mass is 32.2. The summed E-state index contributed by atoms with van der Waals surface area (Å²) >= 11 is 0. The Hall–Kier alpha value is -2.83. The van der Waals surface area contributed by atoms with Crippen molar-refractivity contribution in [2.45, 2.75) is 17.4 Å². The van der Waals surface area contributed by atoms with E-state index in [0.29, 0.717) is 0 Å². The summed E-state index contributed by atoms with van der Waals surface area (Å²) < 4.78 is 55.1. The van der Waals surface area contributed by atoms with Gasteiger partial charge in [-0.1, -0.05) is 0 Å². The minimum absolute atomic E-state index is 0.0619. The van der Waals surface area contributed by atoms with Crippen LogP contribution in [0.1, 0.15) is 16.8 Å². The predicted octanol–water partition coefficient (Wildman–Crippen LogP) is 1.28. The first kappa shape index (κ1) is 20.9. The van der Waals surface area contributed by atoms with Gasteiger partial charge in [-0.2, -0.15) is 0 Å². The zero-order valence-corrected chi connectivity index (χ0v) is 16.5. The number of benzene rings is 2. The van der Waals surface area contributed by atoms with Crippen LogP contribution in [0.3, 0.4) is 0 Å². The smallest absolute Gasteiger partial charge is 0.343 e. The van der Waals surface area contributed by atoms with Gasteiger partial charge in [0.15, 0.2) is 9.84 Å². The third-order valence-corrected chi connectivity index (χ3v) is 7.52. The minimum atomic E-state index is -3.94. The summed E-state index contributed by atoms with van der Waals surface area (Å²) in [5.41, 5.74) is -0.0762. The fourth-order valence-corrected chi connectivity index (χ4v) is 5.80. The van der Waals surface area contributed by atoms with Crippen LogP contribution in [0.5, 0.6) is 5.75 Å². The monoisotopic (exact) mass is 440 g/mol. The van der Waals surface area contributed by atoms with Crippen molar-refractivity contribution in [2.75, 3.05) is 11.5 Å². The molecule has 1 fully saturated rings. The molecule has 0 aromatic heterocycles. The maximum absolute atomic E-state index is 12.4. The summed E-state index contributed by atoms with van der Waals surface area (Å²) in [6.07, 6.45) is 0.210. The summed E-state index contributed by atoms with van der Waals surface area (Å²) in [4.78, 5) is 22.1. The van der Waals surface area contributed by atoms with Crippen LogP contribution in [0, 0.1) is 10.1 Å². The van der Waals surface area contributed by atoms with Crippen molar-refractivity contribution < 1.29 is 31.3 Å². The van der Waals surface area contributed by atoms with Crippen LogP contribution in [0.25, 0.3) is 0 Å². The average molecular weight is 440 g/mol. The van der Waals surface area contributed by atoms with E-state index in [4.69, 9.17) is 4.74 Å². The van der Waals surface area contributed by atoms with Gasteiger partial charge in [-0.05, 0) is 42.8 Å². The van der Waals surface area contributed by atoms with Crippen LogP contribution in [-0.2, 0) is 19.9 Å². The Labute approximate surface area is 166 Å². The molecular formula is C17H16N2O8S2. The van der Waals surface area contributed by atoms with Gasteiger partial charge in [0.2, 0.25) is 10.0 Å². The Kier molecular flexibility index (Phi) is 5.68. The van der Waals surface area contributed by atoms with E-state index in [1.165, 1.54) is 48.5 Å². The zero-order valence-electron chi connectivity index (χ0n) is 14.8. The molecule has 2 aromatic rings. The number of non-ortho nitro benzene ring substituents is 1. The summed E-state index contributed by atoms with van der Waals surface area (Å²) in [5.74, 6) is -0.974. The first-order valence-corrected chi connectivity index (χ1v) is 11.7. The van der Waals surface area contributed by atoms with Gasteiger partial charge in [0, 0.05) is 18.2 Å². The van der Waals surface area contributed by atoms with Crippen LogP contribution in [0.2, 0.25) is 0 Å². The normalized spacial score (nSPS) is 18.3. The molecule has 0 aliphatic carbocycles. The molecule has 1 N–H and O–H groups in total. The lowest BCUT2D eigenvalue weighted by Gasteiger charge is -2.12. The summed E-state index contributed by atoms with van der Waals surface area (Å²) in [7, 11) is -7.17. The fraction of sp³-hybridized carbons (Fsp3) is 0.235. The largest absolute Gasteiger partial charge is 0.423 e. The summed E-state index contributed by atoms with van der Waals surface area (Å²) in [5, 5.41) is 10.6. The SMILES string of the molecule is O=C(Oc1ccc([N+](=O)[O-])cc1)c1ccc(S(=O)(=O)NC2CCS(=O)(=O)C2)cc1. The van der Waals surface area contributed by atoms with Gasteiger partial charge in [-0.15, -0.1) is 0 Å². The number of nitrogens with one attached hydrogen (secondary N) is 1. The second kappa shape index (κ2) is 7.89. The van der Waals surface area contributed by atoms with Crippen LogP contribution in [0.15, 0.2) is 53.4 Å². The van der Waals surface area contributed by atoms with Crippen molar-refractivity contribution >= 4 is 31.5 Å². The molecule has 29 heavy (non-hydrogen) atoms. The second-order valence-electron chi connectivity index (χ2n) is 6.39. The molecule has 0 saturated carbocycles. The maximum atomic E-state index is 12.4. The molecule has 154 valence electrons. The molecular weight excluding hydrogens is 424 g/mol. The molecule has 12 heteroatoms. The topological polar surface area (TPSA) is 150 Å². The quantitative estimate of drug-likeness (QED) is 0.305. The second-order valence-corrected chi connectivity index (χ2v) is 10.3. The van der Waals surface area contributed by atoms with Crippen LogP contribution in [-0.4, -0.2) is 45.3 Å². The Balaban J connectivity index is 1.67. The Morgan fingerprint density at radius 1 is 1.10 bits per heavy atom. The van der Waals surface area contributed by atoms with Crippen molar-refractivity contribution in [3.05, 3.63) is 64.2 Å². The molecule has 10 nitrogen and oxygen atoms in total. The molecule has 3 rings (SSSR count). The Morgan fingerprint density at radius 2 is 1.72 bits per heavy atom. The van der Waals surface area contributed by atoms with Gasteiger partial charge in [-0.3, -0.25) is 10.1 Å². The number of carbonyl (C=O) groups excluding carboxylic acids is 1. The molecule has 1 unspecified atom stereocenters. The van der Waals surface area contributed by atoms with Crippen molar-refractivity contribution in [1.29, 1.82) is 0 Å². The van der Waals surface area contributed by atoms with Crippen molar-refractivity contribution in [2.24, 2.45) is 0 Å².